The minimum Gasteiger partial charge on any atom is -0.461 e. The quantitative estimate of drug-likeness (QED) is 0.521. The second-order valence-corrected chi connectivity index (χ2v) is 8.22. The molecule has 2 heterocycles. The Hall–Kier alpha value is -2.87. The largest absolute Gasteiger partial charge is 0.461 e. The van der Waals surface area contributed by atoms with Crippen molar-refractivity contribution >= 4 is 27.5 Å². The van der Waals surface area contributed by atoms with Gasteiger partial charge in [0.15, 0.2) is 11.3 Å². The molecule has 14 heteroatoms. The van der Waals surface area contributed by atoms with Crippen molar-refractivity contribution in [2.24, 2.45) is 12.2 Å². The second-order valence-electron chi connectivity index (χ2n) is 6.49. The van der Waals surface area contributed by atoms with Crippen LogP contribution in [0.15, 0.2) is 11.1 Å². The van der Waals surface area contributed by atoms with Crippen LogP contribution in [0.2, 0.25) is 0 Å². The van der Waals surface area contributed by atoms with Gasteiger partial charge in [0.1, 0.15) is 17.7 Å². The van der Waals surface area contributed by atoms with E-state index in [4.69, 9.17) is 9.88 Å². The summed E-state index contributed by atoms with van der Waals surface area (Å²) in [5, 5.41) is 14.0. The predicted octanol–water partition coefficient (Wildman–Crippen LogP) is -2.31. The highest BCUT2D eigenvalue weighted by molar-refractivity contribution is 7.89. The molecule has 3 atom stereocenters. The van der Waals surface area contributed by atoms with Gasteiger partial charge in [-0.1, -0.05) is 5.21 Å². The number of amides is 1. The number of aromatic nitrogens is 5. The molecule has 13 nitrogen and oxygen atoms in total. The molecule has 2 aromatic rings. The van der Waals surface area contributed by atoms with E-state index in [9.17, 15) is 22.8 Å². The van der Waals surface area contributed by atoms with Gasteiger partial charge >= 0.3 is 11.7 Å². The minimum absolute atomic E-state index is 0.0694. The van der Waals surface area contributed by atoms with Crippen LogP contribution in [0.1, 0.15) is 36.7 Å². The fraction of sp³-hybridized carbons (Fsp3) is 0.571. The third-order valence-corrected chi connectivity index (χ3v) is 5.88. The van der Waals surface area contributed by atoms with E-state index in [-0.39, 0.29) is 11.3 Å². The second kappa shape index (κ2) is 7.27. The van der Waals surface area contributed by atoms with E-state index in [1.807, 2.05) is 0 Å². The summed E-state index contributed by atoms with van der Waals surface area (Å²) in [7, 11) is -2.75. The van der Waals surface area contributed by atoms with Crippen LogP contribution >= 0.6 is 0 Å². The van der Waals surface area contributed by atoms with E-state index in [1.165, 1.54) is 14.0 Å². The first-order valence-electron chi connectivity index (χ1n) is 8.36. The van der Waals surface area contributed by atoms with Crippen LogP contribution in [0.25, 0.3) is 5.65 Å². The molecular formula is C14H19N7O6S. The Morgan fingerprint density at radius 3 is 2.71 bits per heavy atom. The molecule has 0 aliphatic heterocycles. The molecular weight excluding hydrogens is 394 g/mol. The number of esters is 1. The number of carbonyl (C=O) groups excluding carboxylic acids is 2. The molecule has 3 N–H and O–H groups in total. The number of hydrogen-bond acceptors (Lipinski definition) is 9. The summed E-state index contributed by atoms with van der Waals surface area (Å²) in [4.78, 5) is 39.9. The van der Waals surface area contributed by atoms with Crippen LogP contribution in [-0.2, 0) is 26.6 Å². The van der Waals surface area contributed by atoms with Crippen LogP contribution in [-0.4, -0.2) is 62.1 Å². The average Bonchev–Trinajstić information content (AvgIpc) is 3.01. The number of sulfonamides is 1. The van der Waals surface area contributed by atoms with Gasteiger partial charge in [-0.15, -0.1) is 5.10 Å². The number of aryl methyl sites for hydroxylation is 1. The van der Waals surface area contributed by atoms with Crippen LogP contribution in [0.5, 0.6) is 0 Å². The summed E-state index contributed by atoms with van der Waals surface area (Å²) in [5.41, 5.74) is -0.806. The normalized spacial score (nSPS) is 22.8. The molecule has 0 aromatic carbocycles. The standard InChI is InChI=1S/C14H19N7O6S/c1-7(22)27-9-5-3-4-8(11(9)28(15,25)26)17-13(23)10-12-18-19-20(2)14(24)21(12)6-16-10/h6,8-9,11H,3-5H2,1-2H3,(H,17,23)(H2,15,25,26). The molecule has 28 heavy (non-hydrogen) atoms. The zero-order valence-electron chi connectivity index (χ0n) is 15.1. The van der Waals surface area contributed by atoms with Crippen molar-refractivity contribution in [3.8, 4) is 0 Å². The summed E-state index contributed by atoms with van der Waals surface area (Å²) < 4.78 is 31.3. The van der Waals surface area contributed by atoms with E-state index in [2.05, 4.69) is 20.6 Å². The summed E-state index contributed by atoms with van der Waals surface area (Å²) in [6.45, 7) is 1.17. The van der Waals surface area contributed by atoms with Gasteiger partial charge in [-0.2, -0.15) is 4.68 Å². The van der Waals surface area contributed by atoms with Gasteiger partial charge in [-0.25, -0.2) is 27.7 Å². The number of nitrogens with two attached hydrogens (primary N) is 1. The highest BCUT2D eigenvalue weighted by Crippen LogP contribution is 2.27. The van der Waals surface area contributed by atoms with E-state index >= 15 is 0 Å². The van der Waals surface area contributed by atoms with Crippen molar-refractivity contribution in [2.75, 3.05) is 0 Å². The molecule has 2 aromatic heterocycles. The Morgan fingerprint density at radius 2 is 2.07 bits per heavy atom. The number of primary sulfonamides is 1. The first-order chi connectivity index (χ1) is 13.1. The lowest BCUT2D eigenvalue weighted by atomic mass is 9.92. The maximum atomic E-state index is 12.7. The van der Waals surface area contributed by atoms with Crippen molar-refractivity contribution in [2.45, 2.75) is 43.6 Å². The van der Waals surface area contributed by atoms with E-state index in [0.29, 0.717) is 19.3 Å². The smallest absolute Gasteiger partial charge is 0.352 e. The Bertz CT molecular complexity index is 1090. The molecule has 0 bridgehead atoms. The van der Waals surface area contributed by atoms with Crippen molar-refractivity contribution in [1.82, 2.24) is 29.7 Å². The third-order valence-electron chi connectivity index (χ3n) is 4.49. The highest BCUT2D eigenvalue weighted by atomic mass is 32.2. The molecule has 3 rings (SSSR count). The minimum atomic E-state index is -4.14. The lowest BCUT2D eigenvalue weighted by Gasteiger charge is -2.36. The monoisotopic (exact) mass is 413 g/mol. The number of imidazole rings is 1. The summed E-state index contributed by atoms with van der Waals surface area (Å²) in [6.07, 6.45) is 1.28. The SMILES string of the molecule is CC(=O)OC1CCCC(NC(=O)c2ncn3c(=O)n(C)nnc23)C1S(N)(=O)=O. The van der Waals surface area contributed by atoms with Gasteiger partial charge in [0.2, 0.25) is 10.0 Å². The van der Waals surface area contributed by atoms with E-state index < -0.39 is 45.0 Å². The maximum absolute atomic E-state index is 12.7. The lowest BCUT2D eigenvalue weighted by Crippen LogP contribution is -2.57. The van der Waals surface area contributed by atoms with Gasteiger partial charge in [-0.05, 0) is 19.3 Å². The van der Waals surface area contributed by atoms with Crippen LogP contribution < -0.4 is 16.1 Å². The molecule has 1 saturated carbocycles. The first kappa shape index (κ1) is 19.9. The number of ether oxygens (including phenoxy) is 1. The molecule has 0 radical (unpaired) electrons. The first-order valence-corrected chi connectivity index (χ1v) is 9.97. The Morgan fingerprint density at radius 1 is 1.36 bits per heavy atom. The van der Waals surface area contributed by atoms with Crippen LogP contribution in [0.3, 0.4) is 0 Å². The molecule has 152 valence electrons. The highest BCUT2D eigenvalue weighted by Gasteiger charge is 2.43. The number of carbonyl (C=O) groups is 2. The molecule has 1 fully saturated rings. The topological polar surface area (TPSA) is 181 Å². The number of rotatable bonds is 4. The van der Waals surface area contributed by atoms with Crippen LogP contribution in [0.4, 0.5) is 0 Å². The molecule has 1 aliphatic carbocycles. The van der Waals surface area contributed by atoms with Gasteiger partial charge in [0, 0.05) is 14.0 Å². The van der Waals surface area contributed by atoms with Crippen molar-refractivity contribution in [3.05, 3.63) is 22.5 Å². The summed E-state index contributed by atoms with van der Waals surface area (Å²) >= 11 is 0. The molecule has 0 saturated heterocycles. The van der Waals surface area contributed by atoms with Gasteiger partial charge < -0.3 is 10.1 Å². The number of hydrogen-bond donors (Lipinski definition) is 2. The van der Waals surface area contributed by atoms with Crippen molar-refractivity contribution in [3.63, 3.8) is 0 Å². The number of fused-ring (bicyclic) bond motifs is 1. The summed E-state index contributed by atoms with van der Waals surface area (Å²) in [5.74, 6) is -1.39. The number of nitrogens with zero attached hydrogens (tertiary/aromatic N) is 5. The molecule has 1 amide bonds. The third kappa shape index (κ3) is 3.73. The molecule has 3 unspecified atom stereocenters. The van der Waals surface area contributed by atoms with Crippen molar-refractivity contribution in [1.29, 1.82) is 0 Å². The number of nitrogens with one attached hydrogen (secondary N) is 1. The van der Waals surface area contributed by atoms with Crippen LogP contribution in [0, 0.1) is 0 Å². The maximum Gasteiger partial charge on any atom is 0.352 e. The molecule has 0 spiro atoms. The Kier molecular flexibility index (Phi) is 5.16. The zero-order chi connectivity index (χ0) is 20.6. The van der Waals surface area contributed by atoms with Gasteiger partial charge in [-0.3, -0.25) is 9.59 Å². The average molecular weight is 413 g/mol. The molecule has 1 aliphatic rings. The Balaban J connectivity index is 1.91. The van der Waals surface area contributed by atoms with E-state index in [0.717, 1.165) is 15.4 Å². The summed E-state index contributed by atoms with van der Waals surface area (Å²) in [6, 6.07) is -0.906. The fourth-order valence-electron chi connectivity index (χ4n) is 3.34. The van der Waals surface area contributed by atoms with Gasteiger partial charge in [0.05, 0.1) is 6.04 Å². The van der Waals surface area contributed by atoms with E-state index in [1.54, 1.807) is 0 Å². The Labute approximate surface area is 158 Å². The predicted molar refractivity (Wildman–Crippen MR) is 93.6 cm³/mol. The van der Waals surface area contributed by atoms with Crippen molar-refractivity contribution < 1.29 is 22.7 Å². The lowest BCUT2D eigenvalue weighted by molar-refractivity contribution is -0.147. The zero-order valence-corrected chi connectivity index (χ0v) is 15.9. The van der Waals surface area contributed by atoms with Gasteiger partial charge in [0.25, 0.3) is 5.91 Å². The fourth-order valence-corrected chi connectivity index (χ4v) is 4.62.